The summed E-state index contributed by atoms with van der Waals surface area (Å²) in [7, 11) is 1.62. The molecule has 1 saturated carbocycles. The first-order chi connectivity index (χ1) is 13.5. The summed E-state index contributed by atoms with van der Waals surface area (Å²) in [4.78, 5) is 15.3. The minimum Gasteiger partial charge on any atom is -0.495 e. The molecular weight excluding hydrogens is 355 g/mol. The molecule has 5 heteroatoms. The predicted octanol–water partition coefficient (Wildman–Crippen LogP) is 4.49. The van der Waals surface area contributed by atoms with Crippen LogP contribution in [0.2, 0.25) is 0 Å². The van der Waals surface area contributed by atoms with E-state index < -0.39 is 0 Å². The molecule has 1 atom stereocenters. The molecule has 148 valence electrons. The van der Waals surface area contributed by atoms with Crippen LogP contribution in [0.1, 0.15) is 42.7 Å². The van der Waals surface area contributed by atoms with Crippen LogP contribution in [0, 0.1) is 12.7 Å². The lowest BCUT2D eigenvalue weighted by molar-refractivity contribution is -0.121. The van der Waals surface area contributed by atoms with Crippen molar-refractivity contribution in [2.75, 3.05) is 19.0 Å². The molecule has 1 aliphatic carbocycles. The van der Waals surface area contributed by atoms with Crippen LogP contribution in [-0.4, -0.2) is 36.5 Å². The van der Waals surface area contributed by atoms with Crippen LogP contribution in [0.3, 0.4) is 0 Å². The van der Waals surface area contributed by atoms with Crippen molar-refractivity contribution < 1.29 is 13.9 Å². The van der Waals surface area contributed by atoms with Gasteiger partial charge < -0.3 is 10.1 Å². The highest BCUT2D eigenvalue weighted by atomic mass is 19.1. The number of anilines is 1. The fourth-order valence-corrected chi connectivity index (χ4v) is 4.51. The number of benzene rings is 2. The average molecular weight is 382 g/mol. The number of carbonyl (C=O) groups excluding carboxylic acids is 1. The van der Waals surface area contributed by atoms with Crippen LogP contribution in [0.5, 0.6) is 5.75 Å². The SMILES string of the molecule is COc1ccc(C)cc1NC(=O)C1CCCN1C1CC(c2ccc(F)cc2)C1. The van der Waals surface area contributed by atoms with E-state index in [1.807, 2.05) is 37.3 Å². The van der Waals surface area contributed by atoms with Crippen molar-refractivity contribution in [3.63, 3.8) is 0 Å². The zero-order chi connectivity index (χ0) is 19.7. The molecule has 1 saturated heterocycles. The van der Waals surface area contributed by atoms with Crippen molar-refractivity contribution in [3.8, 4) is 5.75 Å². The molecular formula is C23H27FN2O2. The number of aryl methyl sites for hydroxylation is 1. The summed E-state index contributed by atoms with van der Waals surface area (Å²) in [6.45, 7) is 2.96. The van der Waals surface area contributed by atoms with Gasteiger partial charge in [-0.05, 0) is 80.5 Å². The quantitative estimate of drug-likeness (QED) is 0.828. The molecule has 2 aromatic carbocycles. The smallest absolute Gasteiger partial charge is 0.241 e. The Hall–Kier alpha value is -2.40. The molecule has 2 aromatic rings. The van der Waals surface area contributed by atoms with Gasteiger partial charge in [-0.25, -0.2) is 4.39 Å². The first kappa shape index (κ1) is 18.9. The molecule has 4 rings (SSSR count). The Morgan fingerprint density at radius 3 is 2.64 bits per heavy atom. The highest BCUT2D eigenvalue weighted by molar-refractivity contribution is 5.96. The molecule has 1 unspecified atom stereocenters. The minimum absolute atomic E-state index is 0.0478. The maximum atomic E-state index is 13.1. The lowest BCUT2D eigenvalue weighted by Gasteiger charge is -2.43. The maximum absolute atomic E-state index is 13.1. The van der Waals surface area contributed by atoms with E-state index in [-0.39, 0.29) is 17.8 Å². The highest BCUT2D eigenvalue weighted by Crippen LogP contribution is 2.42. The van der Waals surface area contributed by atoms with E-state index in [1.165, 1.54) is 17.7 Å². The third-order valence-electron chi connectivity index (χ3n) is 6.13. The van der Waals surface area contributed by atoms with E-state index in [9.17, 15) is 9.18 Å². The lowest BCUT2D eigenvalue weighted by Crippen LogP contribution is -2.50. The summed E-state index contributed by atoms with van der Waals surface area (Å²) >= 11 is 0. The van der Waals surface area contributed by atoms with Crippen LogP contribution in [0.4, 0.5) is 10.1 Å². The number of nitrogens with one attached hydrogen (secondary N) is 1. The van der Waals surface area contributed by atoms with E-state index in [0.29, 0.717) is 17.7 Å². The van der Waals surface area contributed by atoms with Gasteiger partial charge in [-0.15, -0.1) is 0 Å². The zero-order valence-electron chi connectivity index (χ0n) is 16.5. The molecule has 1 N–H and O–H groups in total. The first-order valence-corrected chi connectivity index (χ1v) is 10.0. The van der Waals surface area contributed by atoms with Gasteiger partial charge in [0, 0.05) is 6.04 Å². The standard InChI is InChI=1S/C23H27FN2O2/c1-15-5-10-22(28-2)20(12-15)25-23(27)21-4-3-11-26(21)19-13-17(14-19)16-6-8-18(24)9-7-16/h5-10,12,17,19,21H,3-4,11,13-14H2,1-2H3,(H,25,27). The second kappa shape index (κ2) is 7.92. The monoisotopic (exact) mass is 382 g/mol. The number of amides is 1. The summed E-state index contributed by atoms with van der Waals surface area (Å²) in [5.74, 6) is 1.00. The van der Waals surface area contributed by atoms with Crippen molar-refractivity contribution in [2.45, 2.75) is 50.6 Å². The molecule has 1 aliphatic heterocycles. The number of likely N-dealkylation sites (tertiary alicyclic amines) is 1. The van der Waals surface area contributed by atoms with Crippen LogP contribution in [-0.2, 0) is 4.79 Å². The Labute approximate surface area is 165 Å². The van der Waals surface area contributed by atoms with Gasteiger partial charge in [0.15, 0.2) is 0 Å². The molecule has 4 nitrogen and oxygen atoms in total. The second-order valence-electron chi connectivity index (χ2n) is 7.96. The van der Waals surface area contributed by atoms with Gasteiger partial charge >= 0.3 is 0 Å². The largest absolute Gasteiger partial charge is 0.495 e. The van der Waals surface area contributed by atoms with Crippen molar-refractivity contribution in [1.29, 1.82) is 0 Å². The second-order valence-corrected chi connectivity index (χ2v) is 7.96. The Balaban J connectivity index is 1.39. The van der Waals surface area contributed by atoms with Crippen LogP contribution in [0.15, 0.2) is 42.5 Å². The Morgan fingerprint density at radius 2 is 1.93 bits per heavy atom. The number of carbonyl (C=O) groups is 1. The molecule has 1 heterocycles. The number of halogens is 1. The normalized spacial score (nSPS) is 24.6. The molecule has 2 aliphatic rings. The van der Waals surface area contributed by atoms with Gasteiger partial charge in [-0.3, -0.25) is 9.69 Å². The predicted molar refractivity (Wildman–Crippen MR) is 108 cm³/mol. The van der Waals surface area contributed by atoms with E-state index in [4.69, 9.17) is 4.74 Å². The average Bonchev–Trinajstić information content (AvgIpc) is 3.12. The lowest BCUT2D eigenvalue weighted by atomic mass is 9.75. The Bertz CT molecular complexity index is 846. The molecule has 0 aromatic heterocycles. The van der Waals surface area contributed by atoms with Crippen LogP contribution < -0.4 is 10.1 Å². The van der Waals surface area contributed by atoms with Crippen molar-refractivity contribution >= 4 is 11.6 Å². The third-order valence-corrected chi connectivity index (χ3v) is 6.13. The van der Waals surface area contributed by atoms with Crippen molar-refractivity contribution in [3.05, 3.63) is 59.4 Å². The van der Waals surface area contributed by atoms with Gasteiger partial charge in [0.1, 0.15) is 11.6 Å². The summed E-state index contributed by atoms with van der Waals surface area (Å²) < 4.78 is 18.5. The number of nitrogens with zero attached hydrogens (tertiary/aromatic N) is 1. The topological polar surface area (TPSA) is 41.6 Å². The van der Waals surface area contributed by atoms with Crippen LogP contribution >= 0.6 is 0 Å². The molecule has 28 heavy (non-hydrogen) atoms. The molecule has 0 bridgehead atoms. The zero-order valence-corrected chi connectivity index (χ0v) is 16.5. The van der Waals surface area contributed by atoms with Crippen molar-refractivity contribution in [2.24, 2.45) is 0 Å². The summed E-state index contributed by atoms with van der Waals surface area (Å²) in [6.07, 6.45) is 3.99. The first-order valence-electron chi connectivity index (χ1n) is 10.0. The minimum atomic E-state index is -0.192. The number of methoxy groups -OCH3 is 1. The molecule has 2 fully saturated rings. The number of rotatable bonds is 5. The maximum Gasteiger partial charge on any atom is 0.241 e. The molecule has 1 amide bonds. The van der Waals surface area contributed by atoms with Crippen molar-refractivity contribution in [1.82, 2.24) is 4.90 Å². The summed E-state index contributed by atoms with van der Waals surface area (Å²) in [5.41, 5.74) is 3.01. The van der Waals surface area contributed by atoms with Gasteiger partial charge in [0.25, 0.3) is 0 Å². The van der Waals surface area contributed by atoms with Gasteiger partial charge in [0.2, 0.25) is 5.91 Å². The third kappa shape index (κ3) is 3.76. The van der Waals surface area contributed by atoms with E-state index in [0.717, 1.165) is 43.5 Å². The summed E-state index contributed by atoms with van der Waals surface area (Å²) in [6, 6.07) is 13.0. The fraction of sp³-hybridized carbons (Fsp3) is 0.435. The van der Waals surface area contributed by atoms with Crippen LogP contribution in [0.25, 0.3) is 0 Å². The molecule has 0 spiro atoms. The number of hydrogen-bond acceptors (Lipinski definition) is 3. The van der Waals surface area contributed by atoms with Gasteiger partial charge in [-0.2, -0.15) is 0 Å². The van der Waals surface area contributed by atoms with Gasteiger partial charge in [-0.1, -0.05) is 18.2 Å². The fourth-order valence-electron chi connectivity index (χ4n) is 4.51. The van der Waals surface area contributed by atoms with E-state index >= 15 is 0 Å². The number of hydrogen-bond donors (Lipinski definition) is 1. The van der Waals surface area contributed by atoms with Gasteiger partial charge in [0.05, 0.1) is 18.8 Å². The molecule has 0 radical (unpaired) electrons. The highest BCUT2D eigenvalue weighted by Gasteiger charge is 2.41. The van der Waals surface area contributed by atoms with E-state index in [1.54, 1.807) is 7.11 Å². The Kier molecular flexibility index (Phi) is 5.36. The summed E-state index contributed by atoms with van der Waals surface area (Å²) in [5, 5.41) is 3.08. The number of ether oxygens (including phenoxy) is 1. The van der Waals surface area contributed by atoms with E-state index in [2.05, 4.69) is 10.2 Å². The Morgan fingerprint density at radius 1 is 1.18 bits per heavy atom.